The molecule has 18 heavy (non-hydrogen) atoms. The Morgan fingerprint density at radius 1 is 1.39 bits per heavy atom. The summed E-state index contributed by atoms with van der Waals surface area (Å²) >= 11 is 6.27. The third-order valence-corrected chi connectivity index (χ3v) is 3.66. The summed E-state index contributed by atoms with van der Waals surface area (Å²) in [5.41, 5.74) is 1.82. The van der Waals surface area contributed by atoms with Gasteiger partial charge < -0.3 is 15.3 Å². The van der Waals surface area contributed by atoms with Gasteiger partial charge in [0.15, 0.2) is 0 Å². The molecule has 4 heteroatoms. The van der Waals surface area contributed by atoms with Crippen LogP contribution in [0.15, 0.2) is 18.2 Å². The van der Waals surface area contributed by atoms with Crippen LogP contribution in [-0.2, 0) is 6.54 Å². The van der Waals surface area contributed by atoms with E-state index in [4.69, 9.17) is 11.6 Å². The monoisotopic (exact) mass is 270 g/mol. The normalized spacial score (nSPS) is 11.7. The van der Waals surface area contributed by atoms with E-state index in [1.54, 1.807) is 0 Å². The van der Waals surface area contributed by atoms with Gasteiger partial charge in [0.1, 0.15) is 0 Å². The first-order chi connectivity index (χ1) is 8.44. The van der Waals surface area contributed by atoms with Crippen LogP contribution in [0.4, 0.5) is 5.69 Å². The molecule has 2 N–H and O–H groups in total. The highest BCUT2D eigenvalue weighted by molar-refractivity contribution is 6.31. The zero-order valence-electron chi connectivity index (χ0n) is 11.6. The number of hydrogen-bond acceptors (Lipinski definition) is 3. The van der Waals surface area contributed by atoms with E-state index in [9.17, 15) is 5.11 Å². The average molecular weight is 271 g/mol. The van der Waals surface area contributed by atoms with E-state index >= 15 is 0 Å². The van der Waals surface area contributed by atoms with Crippen LogP contribution in [0.1, 0.15) is 26.3 Å². The summed E-state index contributed by atoms with van der Waals surface area (Å²) in [6.45, 7) is 7.81. The second-order valence-corrected chi connectivity index (χ2v) is 5.45. The quantitative estimate of drug-likeness (QED) is 0.834. The lowest BCUT2D eigenvalue weighted by Gasteiger charge is -2.37. The summed E-state index contributed by atoms with van der Waals surface area (Å²) in [5.74, 6) is 0. The molecular formula is C14H23ClN2O. The largest absolute Gasteiger partial charge is 0.394 e. The number of rotatable bonds is 6. The number of aliphatic hydroxyl groups is 1. The van der Waals surface area contributed by atoms with Crippen molar-refractivity contribution in [3.8, 4) is 0 Å². The molecule has 1 rings (SSSR count). The Bertz CT molecular complexity index is 393. The molecule has 0 spiro atoms. The van der Waals surface area contributed by atoms with Crippen molar-refractivity contribution in [1.29, 1.82) is 0 Å². The van der Waals surface area contributed by atoms with Crippen molar-refractivity contribution in [2.45, 2.75) is 32.9 Å². The van der Waals surface area contributed by atoms with Gasteiger partial charge in [-0.15, -0.1) is 0 Å². The molecule has 0 aliphatic rings. The van der Waals surface area contributed by atoms with Crippen LogP contribution in [0.25, 0.3) is 0 Å². The Morgan fingerprint density at radius 2 is 2.06 bits per heavy atom. The Balaban J connectivity index is 3.11. The van der Waals surface area contributed by atoms with Gasteiger partial charge in [-0.3, -0.25) is 0 Å². The van der Waals surface area contributed by atoms with Gasteiger partial charge in [0.2, 0.25) is 0 Å². The lowest BCUT2D eigenvalue weighted by molar-refractivity contribution is 0.216. The lowest BCUT2D eigenvalue weighted by atomic mass is 10.0. The minimum absolute atomic E-state index is 0.0939. The fraction of sp³-hybridized carbons (Fsp3) is 0.571. The maximum absolute atomic E-state index is 9.47. The summed E-state index contributed by atoms with van der Waals surface area (Å²) in [6.07, 6.45) is 0. The van der Waals surface area contributed by atoms with Crippen molar-refractivity contribution in [3.05, 3.63) is 28.8 Å². The third-order valence-electron chi connectivity index (χ3n) is 3.30. The predicted molar refractivity (Wildman–Crippen MR) is 78.4 cm³/mol. The predicted octanol–water partition coefficient (Wildman–Crippen LogP) is 2.66. The molecule has 1 aromatic carbocycles. The average Bonchev–Trinajstić information content (AvgIpc) is 2.36. The number of hydrogen-bond donors (Lipinski definition) is 2. The van der Waals surface area contributed by atoms with Gasteiger partial charge in [-0.25, -0.2) is 0 Å². The second-order valence-electron chi connectivity index (χ2n) is 5.05. The number of anilines is 1. The van der Waals surface area contributed by atoms with Crippen LogP contribution >= 0.6 is 11.6 Å². The molecular weight excluding hydrogens is 248 g/mol. The standard InChI is InChI=1S/C14H23ClN2O/c1-5-16-9-11-12(15)7-6-8-13(11)17(4)14(2,3)10-18/h6-8,16,18H,5,9-10H2,1-4H3. The van der Waals surface area contributed by atoms with Crippen molar-refractivity contribution < 1.29 is 5.11 Å². The van der Waals surface area contributed by atoms with Crippen LogP contribution in [0.3, 0.4) is 0 Å². The van der Waals surface area contributed by atoms with Gasteiger partial charge in [-0.1, -0.05) is 24.6 Å². The van der Waals surface area contributed by atoms with Gasteiger partial charge in [0, 0.05) is 29.9 Å². The number of benzene rings is 1. The number of halogens is 1. The van der Waals surface area contributed by atoms with Crippen LogP contribution < -0.4 is 10.2 Å². The summed E-state index contributed by atoms with van der Waals surface area (Å²) in [5, 5.41) is 13.5. The molecule has 102 valence electrons. The maximum atomic E-state index is 9.47. The van der Waals surface area contributed by atoms with E-state index < -0.39 is 0 Å². The van der Waals surface area contributed by atoms with Gasteiger partial charge >= 0.3 is 0 Å². The number of nitrogens with zero attached hydrogens (tertiary/aromatic N) is 1. The fourth-order valence-electron chi connectivity index (χ4n) is 1.72. The molecule has 0 saturated heterocycles. The summed E-state index contributed by atoms with van der Waals surface area (Å²) in [7, 11) is 1.98. The molecule has 0 atom stereocenters. The molecule has 0 amide bonds. The van der Waals surface area contributed by atoms with Crippen molar-refractivity contribution in [1.82, 2.24) is 5.32 Å². The van der Waals surface area contributed by atoms with Crippen molar-refractivity contribution >= 4 is 17.3 Å². The molecule has 0 aliphatic carbocycles. The minimum Gasteiger partial charge on any atom is -0.394 e. The number of nitrogens with one attached hydrogen (secondary N) is 1. The fourth-order valence-corrected chi connectivity index (χ4v) is 1.96. The van der Waals surface area contributed by atoms with Gasteiger partial charge in [0.05, 0.1) is 12.1 Å². The highest BCUT2D eigenvalue weighted by Gasteiger charge is 2.25. The molecule has 0 aromatic heterocycles. The van der Waals surface area contributed by atoms with Gasteiger partial charge in [-0.05, 0) is 32.5 Å². The highest BCUT2D eigenvalue weighted by Crippen LogP contribution is 2.30. The summed E-state index contributed by atoms with van der Waals surface area (Å²) in [6, 6.07) is 5.88. The first-order valence-electron chi connectivity index (χ1n) is 6.26. The van der Waals surface area contributed by atoms with Crippen LogP contribution in [-0.4, -0.2) is 30.8 Å². The molecule has 0 aliphatic heterocycles. The van der Waals surface area contributed by atoms with Crippen LogP contribution in [0, 0.1) is 0 Å². The Hall–Kier alpha value is -0.770. The zero-order valence-corrected chi connectivity index (χ0v) is 12.4. The molecule has 1 aromatic rings. The first-order valence-corrected chi connectivity index (χ1v) is 6.64. The lowest BCUT2D eigenvalue weighted by Crippen LogP contribution is -2.45. The topological polar surface area (TPSA) is 35.5 Å². The molecule has 0 heterocycles. The van der Waals surface area contributed by atoms with Gasteiger partial charge in [-0.2, -0.15) is 0 Å². The van der Waals surface area contributed by atoms with Crippen molar-refractivity contribution in [3.63, 3.8) is 0 Å². The summed E-state index contributed by atoms with van der Waals surface area (Å²) < 4.78 is 0. The van der Waals surface area contributed by atoms with Gasteiger partial charge in [0.25, 0.3) is 0 Å². The first kappa shape index (κ1) is 15.3. The molecule has 0 bridgehead atoms. The highest BCUT2D eigenvalue weighted by atomic mass is 35.5. The third kappa shape index (κ3) is 3.37. The van der Waals surface area contributed by atoms with Crippen molar-refractivity contribution in [2.75, 3.05) is 25.1 Å². The van der Waals surface area contributed by atoms with E-state index in [-0.39, 0.29) is 12.1 Å². The van der Waals surface area contributed by atoms with Crippen molar-refractivity contribution in [2.24, 2.45) is 0 Å². The smallest absolute Gasteiger partial charge is 0.0658 e. The molecule has 0 radical (unpaired) electrons. The number of aliphatic hydroxyl groups excluding tert-OH is 1. The molecule has 3 nitrogen and oxygen atoms in total. The number of likely N-dealkylation sites (N-methyl/N-ethyl adjacent to an activating group) is 1. The summed E-state index contributed by atoms with van der Waals surface area (Å²) in [4.78, 5) is 2.07. The zero-order chi connectivity index (χ0) is 13.8. The van der Waals surface area contributed by atoms with E-state index in [0.717, 1.165) is 29.4 Å². The Labute approximate surface area is 115 Å². The van der Waals surface area contributed by atoms with Crippen LogP contribution in [0.5, 0.6) is 0 Å². The van der Waals surface area contributed by atoms with E-state index in [1.165, 1.54) is 0 Å². The Kier molecular flexibility index (Phi) is 5.45. The van der Waals surface area contributed by atoms with E-state index in [2.05, 4.69) is 17.1 Å². The van der Waals surface area contributed by atoms with E-state index in [1.807, 2.05) is 39.1 Å². The molecule has 0 saturated carbocycles. The maximum Gasteiger partial charge on any atom is 0.0658 e. The molecule has 0 unspecified atom stereocenters. The SMILES string of the molecule is CCNCc1c(Cl)cccc1N(C)C(C)(C)CO. The van der Waals surface area contributed by atoms with E-state index in [0.29, 0.717) is 0 Å². The Morgan fingerprint density at radius 3 is 2.61 bits per heavy atom. The molecule has 0 fully saturated rings. The second kappa shape index (κ2) is 6.41. The minimum atomic E-state index is -0.314. The van der Waals surface area contributed by atoms with Crippen LogP contribution in [0.2, 0.25) is 5.02 Å².